The number of ether oxygens (including phenoxy) is 1. The lowest BCUT2D eigenvalue weighted by Gasteiger charge is -2.04. The molecule has 0 bridgehead atoms. The van der Waals surface area contributed by atoms with Crippen molar-refractivity contribution in [1.29, 1.82) is 0 Å². The maximum Gasteiger partial charge on any atom is 0.244 e. The Hall–Kier alpha value is -1.91. The molecule has 2 aromatic rings. The molecule has 1 N–H and O–H groups in total. The van der Waals surface area contributed by atoms with Crippen molar-refractivity contribution >= 4 is 23.3 Å². The van der Waals surface area contributed by atoms with Gasteiger partial charge >= 0.3 is 0 Å². The van der Waals surface area contributed by atoms with Gasteiger partial charge in [0.25, 0.3) is 0 Å². The lowest BCUT2D eigenvalue weighted by Crippen LogP contribution is -2.20. The normalized spacial score (nSPS) is 11.0. The Labute approximate surface area is 129 Å². The predicted molar refractivity (Wildman–Crippen MR) is 87.1 cm³/mol. The lowest BCUT2D eigenvalue weighted by atomic mass is 10.1. The van der Waals surface area contributed by atoms with Crippen LogP contribution in [0.4, 0.5) is 0 Å². The van der Waals surface area contributed by atoms with Gasteiger partial charge in [0, 0.05) is 24.6 Å². The van der Waals surface area contributed by atoms with E-state index in [0.717, 1.165) is 16.0 Å². The molecule has 1 amide bonds. The molecule has 0 aliphatic rings. The SMILES string of the molecule is COCc1ccc(CNC(=O)C=Cc2sccc2C)cc1. The number of carbonyl (C=O) groups excluding carboxylic acids is 1. The Balaban J connectivity index is 1.83. The summed E-state index contributed by atoms with van der Waals surface area (Å²) in [5, 5.41) is 4.90. The van der Waals surface area contributed by atoms with Gasteiger partial charge in [-0.25, -0.2) is 0 Å². The van der Waals surface area contributed by atoms with E-state index in [1.54, 1.807) is 24.5 Å². The van der Waals surface area contributed by atoms with Crippen molar-refractivity contribution in [3.05, 3.63) is 63.4 Å². The summed E-state index contributed by atoms with van der Waals surface area (Å²) in [7, 11) is 1.68. The minimum Gasteiger partial charge on any atom is -0.380 e. The van der Waals surface area contributed by atoms with E-state index in [9.17, 15) is 4.79 Å². The number of thiophene rings is 1. The fourth-order valence-electron chi connectivity index (χ4n) is 1.87. The van der Waals surface area contributed by atoms with Crippen LogP contribution in [0.2, 0.25) is 0 Å². The number of rotatable bonds is 6. The monoisotopic (exact) mass is 301 g/mol. The topological polar surface area (TPSA) is 38.3 Å². The Morgan fingerprint density at radius 1 is 1.24 bits per heavy atom. The van der Waals surface area contributed by atoms with Crippen molar-refractivity contribution in [2.45, 2.75) is 20.1 Å². The standard InChI is InChI=1S/C17H19NO2S/c1-13-9-10-21-16(13)7-8-17(19)18-11-14-3-5-15(6-4-14)12-20-2/h3-10H,11-12H2,1-2H3,(H,18,19). The van der Waals surface area contributed by atoms with E-state index in [4.69, 9.17) is 4.74 Å². The number of hydrogen-bond donors (Lipinski definition) is 1. The third-order valence-electron chi connectivity index (χ3n) is 3.09. The molecule has 1 heterocycles. The summed E-state index contributed by atoms with van der Waals surface area (Å²) in [6.07, 6.45) is 3.44. The second kappa shape index (κ2) is 7.76. The number of methoxy groups -OCH3 is 1. The van der Waals surface area contributed by atoms with Gasteiger partial charge in [-0.2, -0.15) is 0 Å². The van der Waals surface area contributed by atoms with E-state index in [1.165, 1.54) is 5.56 Å². The largest absolute Gasteiger partial charge is 0.380 e. The summed E-state index contributed by atoms with van der Waals surface area (Å²) in [6, 6.07) is 10.1. The highest BCUT2D eigenvalue weighted by atomic mass is 32.1. The number of carbonyl (C=O) groups is 1. The summed E-state index contributed by atoms with van der Waals surface area (Å²) in [5.74, 6) is -0.0798. The van der Waals surface area contributed by atoms with Gasteiger partial charge in [-0.3, -0.25) is 4.79 Å². The number of nitrogens with one attached hydrogen (secondary N) is 1. The Morgan fingerprint density at radius 2 is 1.95 bits per heavy atom. The summed E-state index contributed by atoms with van der Waals surface area (Å²) < 4.78 is 5.07. The molecular formula is C17H19NO2S. The van der Waals surface area contributed by atoms with E-state index in [2.05, 4.69) is 5.32 Å². The first-order valence-corrected chi connectivity index (χ1v) is 7.64. The van der Waals surface area contributed by atoms with E-state index in [-0.39, 0.29) is 5.91 Å². The first kappa shape index (κ1) is 15.5. The van der Waals surface area contributed by atoms with Crippen LogP contribution in [0.5, 0.6) is 0 Å². The molecule has 0 saturated heterocycles. The first-order chi connectivity index (χ1) is 10.2. The highest BCUT2D eigenvalue weighted by Crippen LogP contribution is 2.16. The van der Waals surface area contributed by atoms with Gasteiger partial charge in [0.1, 0.15) is 0 Å². The molecule has 1 aromatic carbocycles. The number of hydrogen-bond acceptors (Lipinski definition) is 3. The molecule has 0 aliphatic heterocycles. The van der Waals surface area contributed by atoms with Crippen LogP contribution >= 0.6 is 11.3 Å². The highest BCUT2D eigenvalue weighted by Gasteiger charge is 1.99. The Bertz CT molecular complexity index is 614. The maximum absolute atomic E-state index is 11.8. The summed E-state index contributed by atoms with van der Waals surface area (Å²) in [6.45, 7) is 3.17. The minimum atomic E-state index is -0.0798. The molecular weight excluding hydrogens is 282 g/mol. The van der Waals surface area contributed by atoms with Crippen LogP contribution in [0.1, 0.15) is 21.6 Å². The van der Waals surface area contributed by atoms with E-state index in [1.807, 2.05) is 48.7 Å². The first-order valence-electron chi connectivity index (χ1n) is 6.76. The van der Waals surface area contributed by atoms with Crippen LogP contribution in [-0.4, -0.2) is 13.0 Å². The second-order valence-electron chi connectivity index (χ2n) is 4.77. The van der Waals surface area contributed by atoms with Crippen LogP contribution in [0.25, 0.3) is 6.08 Å². The maximum atomic E-state index is 11.8. The molecule has 4 heteroatoms. The molecule has 1 aromatic heterocycles. The molecule has 110 valence electrons. The Morgan fingerprint density at radius 3 is 2.57 bits per heavy atom. The van der Waals surface area contributed by atoms with Crippen molar-refractivity contribution in [1.82, 2.24) is 5.32 Å². The number of aryl methyl sites for hydroxylation is 1. The quantitative estimate of drug-likeness (QED) is 0.829. The van der Waals surface area contributed by atoms with Gasteiger partial charge in [-0.05, 0) is 41.1 Å². The summed E-state index contributed by atoms with van der Waals surface area (Å²) in [5.41, 5.74) is 3.39. The lowest BCUT2D eigenvalue weighted by molar-refractivity contribution is -0.116. The fourth-order valence-corrected chi connectivity index (χ4v) is 2.69. The van der Waals surface area contributed by atoms with Crippen LogP contribution in [0, 0.1) is 6.92 Å². The van der Waals surface area contributed by atoms with Crippen molar-refractivity contribution < 1.29 is 9.53 Å². The van der Waals surface area contributed by atoms with Crippen molar-refractivity contribution in [3.63, 3.8) is 0 Å². The van der Waals surface area contributed by atoms with E-state index in [0.29, 0.717) is 13.2 Å². The van der Waals surface area contributed by atoms with E-state index >= 15 is 0 Å². The van der Waals surface area contributed by atoms with Crippen LogP contribution < -0.4 is 5.32 Å². The van der Waals surface area contributed by atoms with Crippen molar-refractivity contribution in [3.8, 4) is 0 Å². The zero-order valence-electron chi connectivity index (χ0n) is 12.3. The highest BCUT2D eigenvalue weighted by molar-refractivity contribution is 7.11. The number of amides is 1. The molecule has 0 atom stereocenters. The zero-order chi connectivity index (χ0) is 15.1. The molecule has 0 aliphatic carbocycles. The van der Waals surface area contributed by atoms with Gasteiger partial charge in [-0.15, -0.1) is 11.3 Å². The Kier molecular flexibility index (Phi) is 5.72. The molecule has 0 radical (unpaired) electrons. The molecule has 3 nitrogen and oxygen atoms in total. The average Bonchev–Trinajstić information content (AvgIpc) is 2.90. The molecule has 2 rings (SSSR count). The minimum absolute atomic E-state index is 0.0798. The van der Waals surface area contributed by atoms with Gasteiger partial charge in [0.15, 0.2) is 0 Å². The third-order valence-corrected chi connectivity index (χ3v) is 4.07. The summed E-state index contributed by atoms with van der Waals surface area (Å²) in [4.78, 5) is 12.9. The molecule has 0 saturated carbocycles. The smallest absolute Gasteiger partial charge is 0.244 e. The molecule has 0 spiro atoms. The van der Waals surface area contributed by atoms with Crippen molar-refractivity contribution in [2.75, 3.05) is 7.11 Å². The molecule has 0 fully saturated rings. The second-order valence-corrected chi connectivity index (χ2v) is 5.72. The van der Waals surface area contributed by atoms with E-state index < -0.39 is 0 Å². The van der Waals surface area contributed by atoms with Gasteiger partial charge < -0.3 is 10.1 Å². The summed E-state index contributed by atoms with van der Waals surface area (Å²) >= 11 is 1.63. The third kappa shape index (κ3) is 4.85. The van der Waals surface area contributed by atoms with Gasteiger partial charge in [-0.1, -0.05) is 24.3 Å². The number of benzene rings is 1. The van der Waals surface area contributed by atoms with Crippen LogP contribution in [-0.2, 0) is 22.7 Å². The van der Waals surface area contributed by atoms with Crippen molar-refractivity contribution in [2.24, 2.45) is 0 Å². The van der Waals surface area contributed by atoms with Gasteiger partial charge in [0.2, 0.25) is 5.91 Å². The van der Waals surface area contributed by atoms with Crippen LogP contribution in [0.15, 0.2) is 41.8 Å². The zero-order valence-corrected chi connectivity index (χ0v) is 13.1. The predicted octanol–water partition coefficient (Wildman–Crippen LogP) is 3.53. The van der Waals surface area contributed by atoms with Crippen LogP contribution in [0.3, 0.4) is 0 Å². The molecule has 0 unspecified atom stereocenters. The fraction of sp³-hybridized carbons (Fsp3) is 0.235. The van der Waals surface area contributed by atoms with Gasteiger partial charge in [0.05, 0.1) is 6.61 Å². The average molecular weight is 301 g/mol. The molecule has 21 heavy (non-hydrogen) atoms.